The summed E-state index contributed by atoms with van der Waals surface area (Å²) in [5.41, 5.74) is 5.11. The van der Waals surface area contributed by atoms with Crippen molar-refractivity contribution >= 4 is 0 Å². The molecular formula is C20H24ClN3O4. The molecule has 1 aromatic carbocycles. The van der Waals surface area contributed by atoms with Gasteiger partial charge in [0, 0.05) is 11.8 Å². The summed E-state index contributed by atoms with van der Waals surface area (Å²) < 4.78 is 36.3. The topological polar surface area (TPSA) is 125 Å². The lowest BCUT2D eigenvalue weighted by molar-refractivity contribution is -2.00. The molecule has 28 heavy (non-hydrogen) atoms. The van der Waals surface area contributed by atoms with Crippen molar-refractivity contribution in [3.05, 3.63) is 66.1 Å². The average Bonchev–Trinajstić information content (AvgIpc) is 3.14. The fraction of sp³-hybridized carbons (Fsp3) is 0.300. The summed E-state index contributed by atoms with van der Waals surface area (Å²) in [6, 6.07) is 17.2. The van der Waals surface area contributed by atoms with E-state index in [0.29, 0.717) is 11.8 Å². The Bertz CT molecular complexity index is 841. The molecule has 0 bridgehead atoms. The Morgan fingerprint density at radius 2 is 1.32 bits per heavy atom. The molecule has 8 heteroatoms. The number of aromatic nitrogens is 3. The molecule has 0 amide bonds. The van der Waals surface area contributed by atoms with Crippen molar-refractivity contribution in [3.63, 3.8) is 0 Å². The highest BCUT2D eigenvalue weighted by molar-refractivity contribution is 5.63. The van der Waals surface area contributed by atoms with Gasteiger partial charge in [0.1, 0.15) is 11.4 Å². The third-order valence-corrected chi connectivity index (χ3v) is 4.14. The van der Waals surface area contributed by atoms with Gasteiger partial charge in [-0.25, -0.2) is 18.6 Å². The monoisotopic (exact) mass is 405 g/mol. The van der Waals surface area contributed by atoms with Crippen molar-refractivity contribution < 1.29 is 33.4 Å². The van der Waals surface area contributed by atoms with Crippen LogP contribution in [0.1, 0.15) is 50.9 Å². The first-order chi connectivity index (χ1) is 13.1. The van der Waals surface area contributed by atoms with Gasteiger partial charge in [0.05, 0.1) is 12.3 Å². The van der Waals surface area contributed by atoms with Gasteiger partial charge in [-0.2, -0.15) is 4.57 Å². The van der Waals surface area contributed by atoms with E-state index < -0.39 is 10.2 Å². The first-order valence-electron chi connectivity index (χ1n) is 8.84. The Morgan fingerprint density at radius 1 is 0.821 bits per heavy atom. The number of rotatable bonds is 4. The number of nitrogens with zero attached hydrogens (tertiary/aromatic N) is 2. The average molecular weight is 406 g/mol. The third-order valence-electron chi connectivity index (χ3n) is 4.14. The van der Waals surface area contributed by atoms with Crippen LogP contribution < -0.4 is 23.2 Å². The molecular weight excluding hydrogens is 382 g/mol. The molecule has 0 aliphatic rings. The minimum atomic E-state index is -4.94. The van der Waals surface area contributed by atoms with Crippen LogP contribution >= 0.6 is 0 Å². The quantitative estimate of drug-likeness (QED) is 0.604. The van der Waals surface area contributed by atoms with Gasteiger partial charge in [0.25, 0.3) is 0 Å². The first kappa shape index (κ1) is 22.0. The molecule has 0 saturated heterocycles. The Kier molecular flexibility index (Phi) is 7.29. The van der Waals surface area contributed by atoms with Crippen LogP contribution in [0.2, 0.25) is 0 Å². The van der Waals surface area contributed by atoms with E-state index in [1.165, 1.54) is 22.5 Å². The molecule has 1 N–H and O–H groups in total. The molecule has 150 valence electrons. The van der Waals surface area contributed by atoms with Gasteiger partial charge in [0.2, 0.25) is 0 Å². The molecule has 3 rings (SSSR count). The molecule has 0 aliphatic heterocycles. The van der Waals surface area contributed by atoms with Crippen molar-refractivity contribution in [2.24, 2.45) is 0 Å². The van der Waals surface area contributed by atoms with E-state index in [-0.39, 0.29) is 0 Å². The standard InChI is InChI=1S/C20H24N3.ClHO4/c1-14(2)18-12-17(16-8-6-5-7-9-16)13-19(15(3)4)23(18)20-10-11-21-22-20;2-1(3,4)5/h5-15H,1-4H3,(H,21,22);(H,2,3,4,5)/q+1;/p-1. The van der Waals surface area contributed by atoms with Crippen LogP contribution in [0.3, 0.4) is 0 Å². The molecule has 0 saturated carbocycles. The summed E-state index contributed by atoms with van der Waals surface area (Å²) in [5.74, 6) is 1.86. The highest BCUT2D eigenvalue weighted by Gasteiger charge is 2.23. The fourth-order valence-corrected chi connectivity index (χ4v) is 2.94. The van der Waals surface area contributed by atoms with Crippen molar-refractivity contribution in [1.82, 2.24) is 10.2 Å². The van der Waals surface area contributed by atoms with Crippen LogP contribution in [-0.4, -0.2) is 10.2 Å². The second kappa shape index (κ2) is 9.27. The van der Waals surface area contributed by atoms with Crippen molar-refractivity contribution in [2.75, 3.05) is 0 Å². The zero-order valence-electron chi connectivity index (χ0n) is 16.3. The largest absolute Gasteiger partial charge is 0.306 e. The number of benzene rings is 1. The van der Waals surface area contributed by atoms with E-state index in [1.54, 1.807) is 0 Å². The zero-order chi connectivity index (χ0) is 20.9. The van der Waals surface area contributed by atoms with Gasteiger partial charge in [-0.15, -0.1) is 15.3 Å². The number of H-pyrrole nitrogens is 1. The van der Waals surface area contributed by atoms with Crippen molar-refractivity contribution in [3.8, 4) is 16.9 Å². The minimum absolute atomic E-state index is 0.416. The highest BCUT2D eigenvalue weighted by atomic mass is 35.7. The lowest BCUT2D eigenvalue weighted by atomic mass is 9.97. The number of hydrogen-bond donors (Lipinski definition) is 1. The van der Waals surface area contributed by atoms with Crippen LogP contribution in [0, 0.1) is 10.2 Å². The lowest BCUT2D eigenvalue weighted by Gasteiger charge is -2.17. The van der Waals surface area contributed by atoms with Crippen LogP contribution in [0.15, 0.2) is 54.7 Å². The molecule has 2 aromatic heterocycles. The Balaban J connectivity index is 0.000000500. The molecule has 3 aromatic rings. The summed E-state index contributed by atoms with van der Waals surface area (Å²) in [4.78, 5) is 0. The summed E-state index contributed by atoms with van der Waals surface area (Å²) in [6.07, 6.45) is 1.81. The predicted molar refractivity (Wildman–Crippen MR) is 93.7 cm³/mol. The van der Waals surface area contributed by atoms with Gasteiger partial charge < -0.3 is 0 Å². The Labute approximate surface area is 166 Å². The van der Waals surface area contributed by atoms with Crippen LogP contribution in [0.4, 0.5) is 0 Å². The van der Waals surface area contributed by atoms with E-state index in [4.69, 9.17) is 18.6 Å². The van der Waals surface area contributed by atoms with E-state index in [2.05, 4.69) is 84.9 Å². The lowest BCUT2D eigenvalue weighted by Crippen LogP contribution is -2.68. The van der Waals surface area contributed by atoms with Gasteiger partial charge in [0.15, 0.2) is 0 Å². The molecule has 0 spiro atoms. The maximum absolute atomic E-state index is 8.49. The van der Waals surface area contributed by atoms with Gasteiger partial charge >= 0.3 is 5.82 Å². The van der Waals surface area contributed by atoms with Gasteiger partial charge in [-0.1, -0.05) is 63.1 Å². The maximum Gasteiger partial charge on any atom is 0.306 e. The minimum Gasteiger partial charge on any atom is -0.222 e. The summed E-state index contributed by atoms with van der Waals surface area (Å²) >= 11 is 0. The number of pyridine rings is 1. The number of halogens is 1. The van der Waals surface area contributed by atoms with Gasteiger partial charge in [-0.05, 0) is 23.3 Å². The second-order valence-electron chi connectivity index (χ2n) is 6.92. The summed E-state index contributed by atoms with van der Waals surface area (Å²) in [6.45, 7) is 8.95. The highest BCUT2D eigenvalue weighted by Crippen LogP contribution is 2.26. The second-order valence-corrected chi connectivity index (χ2v) is 7.68. The number of aromatic amines is 1. The molecule has 0 unspecified atom stereocenters. The van der Waals surface area contributed by atoms with E-state index in [9.17, 15) is 0 Å². The third kappa shape index (κ3) is 6.12. The van der Waals surface area contributed by atoms with Crippen molar-refractivity contribution in [2.45, 2.75) is 39.5 Å². The number of nitrogens with one attached hydrogen (secondary N) is 1. The molecule has 0 aliphatic carbocycles. The Morgan fingerprint density at radius 3 is 1.71 bits per heavy atom. The summed E-state index contributed by atoms with van der Waals surface area (Å²) in [5, 5.41) is 7.25. The predicted octanol–water partition coefficient (Wildman–Crippen LogP) is -0.156. The normalized spacial score (nSPS) is 11.5. The molecule has 0 radical (unpaired) electrons. The zero-order valence-corrected chi connectivity index (χ0v) is 17.0. The number of hydrogen-bond acceptors (Lipinski definition) is 5. The molecule has 0 fully saturated rings. The molecule has 2 heterocycles. The molecule has 7 nitrogen and oxygen atoms in total. The molecule has 0 atom stereocenters. The van der Waals surface area contributed by atoms with E-state index in [1.807, 2.05) is 12.3 Å². The summed E-state index contributed by atoms with van der Waals surface area (Å²) in [7, 11) is -4.94. The van der Waals surface area contributed by atoms with Crippen molar-refractivity contribution in [1.29, 1.82) is 0 Å². The van der Waals surface area contributed by atoms with Crippen LogP contribution in [-0.2, 0) is 0 Å². The maximum atomic E-state index is 8.49. The van der Waals surface area contributed by atoms with Gasteiger partial charge in [-0.3, -0.25) is 0 Å². The SMILES string of the molecule is CC(C)c1cc(-c2ccccc2)cc(C(C)C)[n+]1-c1ccn[nH]1.[O-][Cl+3]([O-])([O-])[O-]. The van der Waals surface area contributed by atoms with Crippen LogP contribution in [0.25, 0.3) is 16.9 Å². The van der Waals surface area contributed by atoms with E-state index >= 15 is 0 Å². The Hall–Kier alpha value is -2.29. The first-order valence-corrected chi connectivity index (χ1v) is 10.1. The smallest absolute Gasteiger partial charge is 0.222 e. The fourth-order valence-electron chi connectivity index (χ4n) is 2.94. The van der Waals surface area contributed by atoms with Crippen LogP contribution in [0.5, 0.6) is 0 Å². The van der Waals surface area contributed by atoms with E-state index in [0.717, 1.165) is 5.82 Å².